The molecule has 0 aromatic heterocycles. The normalized spacial score (nSPS) is 18.1. The lowest BCUT2D eigenvalue weighted by atomic mass is 9.84. The first kappa shape index (κ1) is 24.8. The van der Waals surface area contributed by atoms with Gasteiger partial charge in [0.1, 0.15) is 11.5 Å². The van der Waals surface area contributed by atoms with E-state index in [1.165, 1.54) is 4.90 Å². The molecule has 2 aromatic carbocycles. The number of hydrogen-bond donors (Lipinski definition) is 1. The number of ketones is 1. The van der Waals surface area contributed by atoms with Crippen molar-refractivity contribution in [2.45, 2.75) is 38.6 Å². The third-order valence-corrected chi connectivity index (χ3v) is 6.01. The number of ether oxygens (including phenoxy) is 2. The maximum Gasteiger partial charge on any atom is 0.295 e. The number of Topliss-reactive ketones (excluding diaryl/α,β-unsaturated/α-hetero) is 1. The fourth-order valence-electron chi connectivity index (χ4n) is 4.08. The van der Waals surface area contributed by atoms with E-state index in [0.29, 0.717) is 41.5 Å². The summed E-state index contributed by atoms with van der Waals surface area (Å²) in [7, 11) is 3.18. The Kier molecular flexibility index (Phi) is 7.50. The van der Waals surface area contributed by atoms with Crippen LogP contribution in [0.3, 0.4) is 0 Å². The number of halogens is 1. The summed E-state index contributed by atoms with van der Waals surface area (Å²) in [6.45, 7) is 6.88. The average Bonchev–Trinajstić information content (AvgIpc) is 3.03. The maximum atomic E-state index is 13.1. The highest BCUT2D eigenvalue weighted by Gasteiger charge is 2.45. The van der Waals surface area contributed by atoms with Crippen LogP contribution in [0.25, 0.3) is 5.76 Å². The molecule has 0 saturated carbocycles. The van der Waals surface area contributed by atoms with Crippen LogP contribution in [-0.4, -0.2) is 49.1 Å². The minimum absolute atomic E-state index is 0.0600. The van der Waals surface area contributed by atoms with Crippen LogP contribution in [0.5, 0.6) is 5.75 Å². The lowest BCUT2D eigenvalue weighted by Crippen LogP contribution is -2.31. The van der Waals surface area contributed by atoms with Crippen molar-refractivity contribution in [3.05, 3.63) is 69.8 Å². The Hall–Kier alpha value is -2.83. The van der Waals surface area contributed by atoms with Crippen LogP contribution in [0.2, 0.25) is 5.02 Å². The number of carbonyl (C=O) groups is 2. The average molecular weight is 472 g/mol. The Morgan fingerprint density at radius 2 is 1.76 bits per heavy atom. The van der Waals surface area contributed by atoms with Crippen molar-refractivity contribution in [2.24, 2.45) is 0 Å². The molecule has 2 aromatic rings. The number of nitrogens with zero attached hydrogens (tertiary/aromatic N) is 1. The highest BCUT2D eigenvalue weighted by Crippen LogP contribution is 2.41. The van der Waals surface area contributed by atoms with Crippen LogP contribution < -0.4 is 4.74 Å². The molecule has 1 unspecified atom stereocenters. The van der Waals surface area contributed by atoms with Gasteiger partial charge in [0.15, 0.2) is 0 Å². The number of aliphatic hydroxyl groups excluding tert-OH is 1. The van der Waals surface area contributed by atoms with Crippen LogP contribution in [0.1, 0.15) is 49.9 Å². The molecule has 0 bridgehead atoms. The molecule has 0 spiro atoms. The van der Waals surface area contributed by atoms with Crippen molar-refractivity contribution < 1.29 is 24.2 Å². The number of likely N-dealkylation sites (tertiary alicyclic amines) is 1. The molecular weight excluding hydrogens is 442 g/mol. The summed E-state index contributed by atoms with van der Waals surface area (Å²) in [5.41, 5.74) is 1.83. The molecule has 6 nitrogen and oxygen atoms in total. The lowest BCUT2D eigenvalue weighted by molar-refractivity contribution is -0.140. The van der Waals surface area contributed by atoms with E-state index >= 15 is 0 Å². The molecule has 1 heterocycles. The van der Waals surface area contributed by atoms with Crippen LogP contribution in [0.4, 0.5) is 0 Å². The van der Waals surface area contributed by atoms with Gasteiger partial charge in [0.05, 0.1) is 18.7 Å². The van der Waals surface area contributed by atoms with Gasteiger partial charge >= 0.3 is 0 Å². The number of rotatable bonds is 7. The topological polar surface area (TPSA) is 76.1 Å². The van der Waals surface area contributed by atoms with Gasteiger partial charge in [-0.15, -0.1) is 0 Å². The second-order valence-electron chi connectivity index (χ2n) is 9.06. The van der Waals surface area contributed by atoms with Gasteiger partial charge in [-0.25, -0.2) is 0 Å². The third-order valence-electron chi connectivity index (χ3n) is 5.75. The number of amides is 1. The Morgan fingerprint density at radius 1 is 1.09 bits per heavy atom. The molecule has 1 aliphatic rings. The highest BCUT2D eigenvalue weighted by atomic mass is 35.5. The Bertz CT molecular complexity index is 1070. The molecule has 1 atom stereocenters. The number of benzene rings is 2. The predicted octanol–water partition coefficient (Wildman–Crippen LogP) is 5.10. The molecule has 1 fully saturated rings. The van der Waals surface area contributed by atoms with Gasteiger partial charge in [-0.3, -0.25) is 9.59 Å². The molecule has 7 heteroatoms. The van der Waals surface area contributed by atoms with E-state index in [9.17, 15) is 14.7 Å². The smallest absolute Gasteiger partial charge is 0.295 e. The molecule has 1 amide bonds. The molecular formula is C26H30ClNO5. The summed E-state index contributed by atoms with van der Waals surface area (Å²) >= 11 is 6.06. The van der Waals surface area contributed by atoms with E-state index in [2.05, 4.69) is 0 Å². The quantitative estimate of drug-likeness (QED) is 0.263. The van der Waals surface area contributed by atoms with Crippen molar-refractivity contribution in [2.75, 3.05) is 27.4 Å². The van der Waals surface area contributed by atoms with E-state index in [1.54, 1.807) is 50.6 Å². The summed E-state index contributed by atoms with van der Waals surface area (Å²) in [6, 6.07) is 11.5. The Labute approximate surface area is 199 Å². The Balaban J connectivity index is 2.17. The van der Waals surface area contributed by atoms with Gasteiger partial charge in [-0.2, -0.15) is 0 Å². The number of aliphatic hydroxyl groups is 1. The van der Waals surface area contributed by atoms with E-state index < -0.39 is 17.7 Å². The first-order chi connectivity index (χ1) is 15.6. The zero-order chi connectivity index (χ0) is 24.3. The van der Waals surface area contributed by atoms with Gasteiger partial charge in [0, 0.05) is 36.4 Å². The van der Waals surface area contributed by atoms with Crippen molar-refractivity contribution >= 4 is 29.1 Å². The summed E-state index contributed by atoms with van der Waals surface area (Å²) in [5.74, 6) is -0.876. The molecule has 1 N–H and O–H groups in total. The van der Waals surface area contributed by atoms with E-state index in [-0.39, 0.29) is 16.7 Å². The minimum atomic E-state index is -0.723. The highest BCUT2D eigenvalue weighted by molar-refractivity contribution is 6.46. The second-order valence-corrected chi connectivity index (χ2v) is 9.49. The van der Waals surface area contributed by atoms with Crippen LogP contribution in [0, 0.1) is 0 Å². The number of carbonyl (C=O) groups excluding carboxylic acids is 2. The Morgan fingerprint density at radius 3 is 2.33 bits per heavy atom. The molecule has 0 radical (unpaired) electrons. The predicted molar refractivity (Wildman–Crippen MR) is 129 cm³/mol. The largest absolute Gasteiger partial charge is 0.507 e. The fraction of sp³-hybridized carbons (Fsp3) is 0.385. The molecule has 0 aliphatic carbocycles. The molecule has 3 rings (SSSR count). The first-order valence-corrected chi connectivity index (χ1v) is 11.2. The standard InChI is InChI=1S/C26H30ClNO5/c1-26(2,3)19-15-17(9-12-20(19)33-5)23(29)21-22(16-7-10-18(27)11-8-16)28(13-6-14-32-4)25(31)24(21)30/h7-12,15,22,29H,6,13-14H2,1-5H3/b23-21-. The summed E-state index contributed by atoms with van der Waals surface area (Å²) in [6.07, 6.45) is 0.560. The summed E-state index contributed by atoms with van der Waals surface area (Å²) in [5, 5.41) is 11.9. The van der Waals surface area contributed by atoms with Crippen LogP contribution in [-0.2, 0) is 19.7 Å². The van der Waals surface area contributed by atoms with Crippen molar-refractivity contribution in [1.29, 1.82) is 0 Å². The number of methoxy groups -OCH3 is 2. The van der Waals surface area contributed by atoms with Crippen molar-refractivity contribution in [1.82, 2.24) is 4.90 Å². The zero-order valence-corrected chi connectivity index (χ0v) is 20.4. The second kappa shape index (κ2) is 9.98. The minimum Gasteiger partial charge on any atom is -0.507 e. The summed E-state index contributed by atoms with van der Waals surface area (Å²) < 4.78 is 10.6. The van der Waals surface area contributed by atoms with Gasteiger partial charge in [0.2, 0.25) is 0 Å². The van der Waals surface area contributed by atoms with Gasteiger partial charge in [-0.05, 0) is 47.7 Å². The van der Waals surface area contributed by atoms with E-state index in [1.807, 2.05) is 26.8 Å². The third kappa shape index (κ3) is 5.07. The van der Waals surface area contributed by atoms with Gasteiger partial charge in [0.25, 0.3) is 11.7 Å². The first-order valence-electron chi connectivity index (χ1n) is 10.8. The van der Waals surface area contributed by atoms with E-state index in [4.69, 9.17) is 21.1 Å². The number of hydrogen-bond acceptors (Lipinski definition) is 5. The monoisotopic (exact) mass is 471 g/mol. The zero-order valence-electron chi connectivity index (χ0n) is 19.6. The van der Waals surface area contributed by atoms with E-state index in [0.717, 1.165) is 5.56 Å². The molecule has 1 saturated heterocycles. The lowest BCUT2D eigenvalue weighted by Gasteiger charge is -2.26. The maximum absolute atomic E-state index is 13.1. The van der Waals surface area contributed by atoms with Crippen molar-refractivity contribution in [3.63, 3.8) is 0 Å². The SMILES string of the molecule is COCCCN1C(=O)C(=O)/C(=C(\O)c2ccc(OC)c(C(C)(C)C)c2)C1c1ccc(Cl)cc1. The van der Waals surface area contributed by atoms with Crippen molar-refractivity contribution in [3.8, 4) is 5.75 Å². The molecule has 176 valence electrons. The molecule has 1 aliphatic heterocycles. The van der Waals surface area contributed by atoms with Crippen LogP contribution >= 0.6 is 11.6 Å². The van der Waals surface area contributed by atoms with Crippen LogP contribution in [0.15, 0.2) is 48.0 Å². The van der Waals surface area contributed by atoms with Gasteiger partial charge < -0.3 is 19.5 Å². The van der Waals surface area contributed by atoms with Gasteiger partial charge in [-0.1, -0.05) is 44.5 Å². The molecule has 33 heavy (non-hydrogen) atoms. The fourth-order valence-corrected chi connectivity index (χ4v) is 4.20. The summed E-state index contributed by atoms with van der Waals surface area (Å²) in [4.78, 5) is 27.6.